The van der Waals surface area contributed by atoms with Crippen molar-refractivity contribution < 1.29 is 9.53 Å². The second kappa shape index (κ2) is 9.31. The van der Waals surface area contributed by atoms with Crippen molar-refractivity contribution in [1.82, 2.24) is 20.3 Å². The summed E-state index contributed by atoms with van der Waals surface area (Å²) in [4.78, 5) is 25.9. The Morgan fingerprint density at radius 3 is 2.65 bits per heavy atom. The first kappa shape index (κ1) is 21.6. The molecular weight excluding hydrogens is 426 g/mol. The lowest BCUT2D eigenvalue weighted by atomic mass is 10.1. The van der Waals surface area contributed by atoms with E-state index in [-0.39, 0.29) is 5.91 Å². The van der Waals surface area contributed by atoms with Gasteiger partial charge in [0.1, 0.15) is 17.3 Å². The Morgan fingerprint density at radius 1 is 0.971 bits per heavy atom. The molecule has 3 heterocycles. The number of aryl methyl sites for hydroxylation is 2. The zero-order chi connectivity index (χ0) is 23.5. The van der Waals surface area contributed by atoms with Crippen LogP contribution in [0.4, 0.5) is 11.5 Å². The number of carbonyl (C=O) groups excluding carboxylic acids is 1. The van der Waals surface area contributed by atoms with Crippen LogP contribution < -0.4 is 15.4 Å². The van der Waals surface area contributed by atoms with E-state index in [4.69, 9.17) is 9.72 Å². The van der Waals surface area contributed by atoms with Gasteiger partial charge >= 0.3 is 0 Å². The molecule has 0 atom stereocenters. The predicted molar refractivity (Wildman–Crippen MR) is 131 cm³/mol. The Labute approximate surface area is 198 Å². The lowest BCUT2D eigenvalue weighted by Crippen LogP contribution is -2.25. The summed E-state index contributed by atoms with van der Waals surface area (Å²) >= 11 is 0. The molecule has 170 valence electrons. The largest absolute Gasteiger partial charge is 0.455 e. The van der Waals surface area contributed by atoms with E-state index in [1.807, 2.05) is 68.4 Å². The third-order valence-corrected chi connectivity index (χ3v) is 5.61. The van der Waals surface area contributed by atoms with Crippen LogP contribution in [-0.2, 0) is 0 Å². The first-order valence-electron chi connectivity index (χ1n) is 11.3. The minimum atomic E-state index is -0.0551. The summed E-state index contributed by atoms with van der Waals surface area (Å²) in [6, 6.07) is 19.0. The molecule has 5 rings (SSSR count). The second-order valence-corrected chi connectivity index (χ2v) is 8.38. The Hall–Kier alpha value is -4.26. The SMILES string of the molecule is Cc1cc(Oc2ccnc(Nc3cccc(C(=O)NC4CC4)c3)c2)c(-c2ccccn2)nc1C. The molecule has 2 N–H and O–H groups in total. The molecule has 0 unspecified atom stereocenters. The Kier molecular flexibility index (Phi) is 5.91. The van der Waals surface area contributed by atoms with E-state index >= 15 is 0 Å². The molecule has 1 saturated carbocycles. The summed E-state index contributed by atoms with van der Waals surface area (Å²) in [5, 5.41) is 6.27. The van der Waals surface area contributed by atoms with Crippen molar-refractivity contribution in [1.29, 1.82) is 0 Å². The maximum absolute atomic E-state index is 12.4. The molecule has 1 aromatic carbocycles. The van der Waals surface area contributed by atoms with Gasteiger partial charge in [-0.3, -0.25) is 9.78 Å². The van der Waals surface area contributed by atoms with Crippen LogP contribution in [0.15, 0.2) is 73.1 Å². The van der Waals surface area contributed by atoms with E-state index in [1.165, 1.54) is 0 Å². The number of rotatable bonds is 7. The fourth-order valence-electron chi connectivity index (χ4n) is 3.50. The number of hydrogen-bond acceptors (Lipinski definition) is 6. The first-order valence-corrected chi connectivity index (χ1v) is 11.3. The van der Waals surface area contributed by atoms with Crippen molar-refractivity contribution in [2.75, 3.05) is 5.32 Å². The quantitative estimate of drug-likeness (QED) is 0.381. The van der Waals surface area contributed by atoms with Gasteiger partial charge in [-0.15, -0.1) is 0 Å². The third-order valence-electron chi connectivity index (χ3n) is 5.61. The van der Waals surface area contributed by atoms with Crippen molar-refractivity contribution in [2.45, 2.75) is 32.7 Å². The molecule has 1 aliphatic carbocycles. The van der Waals surface area contributed by atoms with Gasteiger partial charge in [0.25, 0.3) is 5.91 Å². The summed E-state index contributed by atoms with van der Waals surface area (Å²) in [6.45, 7) is 3.97. The smallest absolute Gasteiger partial charge is 0.251 e. The number of benzene rings is 1. The normalized spacial score (nSPS) is 12.8. The Morgan fingerprint density at radius 2 is 1.85 bits per heavy atom. The summed E-state index contributed by atoms with van der Waals surface area (Å²) < 4.78 is 6.24. The monoisotopic (exact) mass is 451 g/mol. The van der Waals surface area contributed by atoms with Crippen molar-refractivity contribution in [3.8, 4) is 22.9 Å². The third kappa shape index (κ3) is 5.04. The van der Waals surface area contributed by atoms with E-state index in [0.29, 0.717) is 34.6 Å². The lowest BCUT2D eigenvalue weighted by molar-refractivity contribution is 0.0951. The zero-order valence-corrected chi connectivity index (χ0v) is 19.1. The topological polar surface area (TPSA) is 89.0 Å². The predicted octanol–water partition coefficient (Wildman–Crippen LogP) is 5.58. The van der Waals surface area contributed by atoms with E-state index < -0.39 is 0 Å². The molecule has 0 aliphatic heterocycles. The number of carbonyl (C=O) groups is 1. The maximum atomic E-state index is 12.4. The average Bonchev–Trinajstić information content (AvgIpc) is 3.66. The summed E-state index contributed by atoms with van der Waals surface area (Å²) in [5.41, 5.74) is 4.78. The molecule has 0 saturated heterocycles. The summed E-state index contributed by atoms with van der Waals surface area (Å²) in [5.74, 6) is 1.79. The van der Waals surface area contributed by atoms with Gasteiger partial charge in [-0.05, 0) is 74.7 Å². The van der Waals surface area contributed by atoms with Crippen LogP contribution in [0.1, 0.15) is 34.5 Å². The van der Waals surface area contributed by atoms with Gasteiger partial charge in [-0.2, -0.15) is 0 Å². The minimum Gasteiger partial charge on any atom is -0.455 e. The highest BCUT2D eigenvalue weighted by atomic mass is 16.5. The number of anilines is 2. The van der Waals surface area contributed by atoms with Gasteiger partial charge in [-0.25, -0.2) is 9.97 Å². The lowest BCUT2D eigenvalue weighted by Gasteiger charge is -2.14. The molecule has 7 heteroatoms. The van der Waals surface area contributed by atoms with Crippen LogP contribution in [0.2, 0.25) is 0 Å². The van der Waals surface area contributed by atoms with Crippen LogP contribution in [0, 0.1) is 13.8 Å². The van der Waals surface area contributed by atoms with Gasteiger partial charge in [0, 0.05) is 41.4 Å². The zero-order valence-electron chi connectivity index (χ0n) is 19.1. The molecule has 4 aromatic rings. The highest BCUT2D eigenvalue weighted by molar-refractivity contribution is 5.95. The van der Waals surface area contributed by atoms with Crippen LogP contribution in [0.3, 0.4) is 0 Å². The minimum absolute atomic E-state index is 0.0551. The molecule has 3 aromatic heterocycles. The van der Waals surface area contributed by atoms with Gasteiger partial charge in [0.2, 0.25) is 0 Å². The standard InChI is InChI=1S/C27H25N5O2/c1-17-14-24(26(30-18(17)2)23-8-3-4-12-28-23)34-22-11-13-29-25(16-22)31-21-7-5-6-19(15-21)27(33)32-20-9-10-20/h3-8,11-16,20H,9-10H2,1-2H3,(H,29,31)(H,32,33). The van der Waals surface area contributed by atoms with Crippen LogP contribution in [0.5, 0.6) is 11.5 Å². The molecular formula is C27H25N5O2. The van der Waals surface area contributed by atoms with Gasteiger partial charge in [0.15, 0.2) is 5.75 Å². The number of hydrogen-bond donors (Lipinski definition) is 2. The van der Waals surface area contributed by atoms with Gasteiger partial charge < -0.3 is 15.4 Å². The van der Waals surface area contributed by atoms with Crippen molar-refractivity contribution in [2.24, 2.45) is 0 Å². The Balaban J connectivity index is 1.37. The van der Waals surface area contributed by atoms with Gasteiger partial charge in [0.05, 0.1) is 5.69 Å². The highest BCUT2D eigenvalue weighted by Gasteiger charge is 2.23. The van der Waals surface area contributed by atoms with Crippen LogP contribution in [0.25, 0.3) is 11.4 Å². The van der Waals surface area contributed by atoms with E-state index in [9.17, 15) is 4.79 Å². The van der Waals surface area contributed by atoms with E-state index in [2.05, 4.69) is 20.6 Å². The Bertz CT molecular complexity index is 1340. The van der Waals surface area contributed by atoms with E-state index in [0.717, 1.165) is 35.5 Å². The van der Waals surface area contributed by atoms with Crippen molar-refractivity contribution in [3.05, 3.63) is 89.9 Å². The van der Waals surface area contributed by atoms with Crippen LogP contribution in [-0.4, -0.2) is 26.9 Å². The van der Waals surface area contributed by atoms with Gasteiger partial charge in [-0.1, -0.05) is 12.1 Å². The number of nitrogens with zero attached hydrogens (tertiary/aromatic N) is 3. The maximum Gasteiger partial charge on any atom is 0.251 e. The number of ether oxygens (including phenoxy) is 1. The molecule has 34 heavy (non-hydrogen) atoms. The average molecular weight is 452 g/mol. The molecule has 1 aliphatic rings. The fraction of sp³-hybridized carbons (Fsp3) is 0.185. The number of nitrogens with one attached hydrogen (secondary N) is 2. The molecule has 0 radical (unpaired) electrons. The summed E-state index contributed by atoms with van der Waals surface area (Å²) in [6.07, 6.45) is 5.52. The molecule has 0 bridgehead atoms. The molecule has 7 nitrogen and oxygen atoms in total. The second-order valence-electron chi connectivity index (χ2n) is 8.38. The molecule has 1 fully saturated rings. The molecule has 0 spiro atoms. The first-order chi connectivity index (χ1) is 16.5. The van der Waals surface area contributed by atoms with Crippen molar-refractivity contribution in [3.63, 3.8) is 0 Å². The number of aromatic nitrogens is 3. The van der Waals surface area contributed by atoms with Crippen molar-refractivity contribution >= 4 is 17.4 Å². The number of amides is 1. The summed E-state index contributed by atoms with van der Waals surface area (Å²) in [7, 11) is 0. The fourth-order valence-corrected chi connectivity index (χ4v) is 3.50. The van der Waals surface area contributed by atoms with E-state index in [1.54, 1.807) is 18.5 Å². The van der Waals surface area contributed by atoms with Crippen LogP contribution >= 0.6 is 0 Å². The number of pyridine rings is 3. The molecule has 1 amide bonds. The highest BCUT2D eigenvalue weighted by Crippen LogP contribution is 2.33.